The van der Waals surface area contributed by atoms with Crippen LogP contribution < -0.4 is 5.32 Å². The number of imide groups is 1. The predicted molar refractivity (Wildman–Crippen MR) is 123 cm³/mol. The van der Waals surface area contributed by atoms with Crippen LogP contribution in [0.5, 0.6) is 0 Å². The van der Waals surface area contributed by atoms with Gasteiger partial charge in [0.25, 0.3) is 0 Å². The number of amides is 3. The van der Waals surface area contributed by atoms with Crippen LogP contribution in [0.1, 0.15) is 29.9 Å². The van der Waals surface area contributed by atoms with Gasteiger partial charge in [-0.25, -0.2) is 0 Å². The maximum atomic E-state index is 13.3. The molecule has 3 amide bonds. The summed E-state index contributed by atoms with van der Waals surface area (Å²) >= 11 is 0. The number of nitrogens with zero attached hydrogens (tertiary/aromatic N) is 1. The van der Waals surface area contributed by atoms with Crippen molar-refractivity contribution < 1.29 is 14.4 Å². The number of carbonyl (C=O) groups is 3. The Morgan fingerprint density at radius 1 is 0.848 bits per heavy atom. The Hall–Kier alpha value is -3.21. The highest BCUT2D eigenvalue weighted by Crippen LogP contribution is 2.68. The van der Waals surface area contributed by atoms with Gasteiger partial charge in [0.05, 0.1) is 18.4 Å². The molecule has 0 aromatic heterocycles. The van der Waals surface area contributed by atoms with Gasteiger partial charge in [0.2, 0.25) is 17.7 Å². The van der Waals surface area contributed by atoms with Crippen molar-refractivity contribution >= 4 is 23.4 Å². The zero-order chi connectivity index (χ0) is 22.3. The molecule has 1 heterocycles. The molecule has 2 aromatic carbocycles. The standard InChI is InChI=1S/C28H26N2O3/c31-26(29-18-10-8-17(9-11-18)16-6-7-16)25-21-19-12-13-20(22(21)25)24-23(19)27(32)30(28(24)33)14-15-4-2-1-3-5-15/h1-5,8-13,16,19-25H,6-7,14H2,(H,29,31). The van der Waals surface area contributed by atoms with Gasteiger partial charge < -0.3 is 5.32 Å². The smallest absolute Gasteiger partial charge is 0.234 e. The molecule has 2 bridgehead atoms. The summed E-state index contributed by atoms with van der Waals surface area (Å²) < 4.78 is 0. The van der Waals surface area contributed by atoms with Crippen LogP contribution in [0.3, 0.4) is 0 Å². The third-order valence-corrected chi connectivity index (χ3v) is 8.61. The second kappa shape index (κ2) is 6.89. The molecular formula is C28H26N2O3. The molecule has 1 saturated heterocycles. The number of allylic oxidation sites excluding steroid dienone is 2. The molecule has 0 spiro atoms. The SMILES string of the molecule is O=C(Nc1ccc(C2CC2)cc1)C1C2C3C=CC(C4C(=O)N(Cc5ccccc5)C(=O)C34)C12. The van der Waals surface area contributed by atoms with Crippen molar-refractivity contribution in [2.45, 2.75) is 25.3 Å². The molecule has 6 atom stereocenters. The van der Waals surface area contributed by atoms with Crippen LogP contribution in [-0.4, -0.2) is 22.6 Å². The van der Waals surface area contributed by atoms with Crippen molar-refractivity contribution in [2.24, 2.45) is 41.4 Å². The van der Waals surface area contributed by atoms with Crippen LogP contribution in [0, 0.1) is 41.4 Å². The minimum atomic E-state index is -0.312. The Morgan fingerprint density at radius 2 is 1.45 bits per heavy atom. The molecule has 5 heteroatoms. The molecule has 0 radical (unpaired) electrons. The summed E-state index contributed by atoms with van der Waals surface area (Å²) in [6.07, 6.45) is 6.74. The molecule has 1 aliphatic heterocycles. The van der Waals surface area contributed by atoms with E-state index in [4.69, 9.17) is 0 Å². The third-order valence-electron chi connectivity index (χ3n) is 8.61. The summed E-state index contributed by atoms with van der Waals surface area (Å²) in [5.41, 5.74) is 3.14. The van der Waals surface area contributed by atoms with Crippen LogP contribution >= 0.6 is 0 Å². The van der Waals surface area contributed by atoms with Crippen LogP contribution in [0.15, 0.2) is 66.7 Å². The lowest BCUT2D eigenvalue weighted by molar-refractivity contribution is -0.141. The lowest BCUT2D eigenvalue weighted by Crippen LogP contribution is -2.40. The van der Waals surface area contributed by atoms with Crippen molar-refractivity contribution in [1.29, 1.82) is 0 Å². The van der Waals surface area contributed by atoms with Crippen LogP contribution in [-0.2, 0) is 20.9 Å². The summed E-state index contributed by atoms with van der Waals surface area (Å²) in [6, 6.07) is 17.9. The molecule has 6 aliphatic rings. The molecule has 1 N–H and O–H groups in total. The van der Waals surface area contributed by atoms with Crippen molar-refractivity contribution in [1.82, 2.24) is 4.90 Å². The number of carbonyl (C=O) groups excluding carboxylic acids is 3. The van der Waals surface area contributed by atoms with Gasteiger partial charge in [-0.05, 0) is 65.7 Å². The second-order valence-corrected chi connectivity index (χ2v) is 10.4. The predicted octanol–water partition coefficient (Wildman–Crippen LogP) is 3.98. The van der Waals surface area contributed by atoms with Gasteiger partial charge in [0.1, 0.15) is 0 Å². The van der Waals surface area contributed by atoms with Crippen LogP contribution in [0.25, 0.3) is 0 Å². The number of likely N-dealkylation sites (tertiary alicyclic amines) is 1. The van der Waals surface area contributed by atoms with Gasteiger partial charge in [-0.15, -0.1) is 0 Å². The van der Waals surface area contributed by atoms with Crippen molar-refractivity contribution in [3.8, 4) is 0 Å². The van der Waals surface area contributed by atoms with Crippen LogP contribution in [0.4, 0.5) is 5.69 Å². The number of hydrogen-bond donors (Lipinski definition) is 1. The van der Waals surface area contributed by atoms with E-state index in [9.17, 15) is 14.4 Å². The monoisotopic (exact) mass is 438 g/mol. The summed E-state index contributed by atoms with van der Waals surface area (Å²) in [7, 11) is 0. The summed E-state index contributed by atoms with van der Waals surface area (Å²) in [4.78, 5) is 41.3. The maximum absolute atomic E-state index is 13.3. The van der Waals surface area contributed by atoms with E-state index in [1.807, 2.05) is 42.5 Å². The molecule has 8 rings (SSSR count). The van der Waals surface area contributed by atoms with Gasteiger partial charge in [-0.2, -0.15) is 0 Å². The number of hydrogen-bond acceptors (Lipinski definition) is 3. The largest absolute Gasteiger partial charge is 0.326 e. The van der Waals surface area contributed by atoms with Gasteiger partial charge in [0, 0.05) is 11.6 Å². The molecule has 166 valence electrons. The highest BCUT2D eigenvalue weighted by molar-refractivity contribution is 6.06. The fourth-order valence-electron chi connectivity index (χ4n) is 6.92. The molecule has 3 saturated carbocycles. The van der Waals surface area contributed by atoms with Gasteiger partial charge in [0.15, 0.2) is 0 Å². The first-order valence-electron chi connectivity index (χ1n) is 12.1. The highest BCUT2D eigenvalue weighted by Gasteiger charge is 2.73. The quantitative estimate of drug-likeness (QED) is 0.567. The first kappa shape index (κ1) is 19.3. The van der Waals surface area contributed by atoms with Crippen molar-refractivity contribution in [2.75, 3.05) is 5.32 Å². The molecule has 4 fully saturated rings. The summed E-state index contributed by atoms with van der Waals surface area (Å²) in [5, 5.41) is 3.10. The number of rotatable bonds is 5. The zero-order valence-electron chi connectivity index (χ0n) is 18.3. The van der Waals surface area contributed by atoms with E-state index in [-0.39, 0.29) is 59.1 Å². The Kier molecular flexibility index (Phi) is 4.03. The average Bonchev–Trinajstić information content (AvgIpc) is 3.75. The summed E-state index contributed by atoms with van der Waals surface area (Å²) in [5.74, 6) is 0.156. The van der Waals surface area contributed by atoms with Gasteiger partial charge in [-0.1, -0.05) is 54.6 Å². The van der Waals surface area contributed by atoms with E-state index >= 15 is 0 Å². The fraction of sp³-hybridized carbons (Fsp3) is 0.393. The molecule has 5 nitrogen and oxygen atoms in total. The molecule has 6 unspecified atom stereocenters. The maximum Gasteiger partial charge on any atom is 0.234 e. The Balaban J connectivity index is 1.08. The Morgan fingerprint density at radius 3 is 2.03 bits per heavy atom. The molecule has 5 aliphatic carbocycles. The minimum Gasteiger partial charge on any atom is -0.326 e. The molecule has 33 heavy (non-hydrogen) atoms. The van der Waals surface area contributed by atoms with E-state index < -0.39 is 0 Å². The molecular weight excluding hydrogens is 412 g/mol. The first-order chi connectivity index (χ1) is 16.1. The van der Waals surface area contributed by atoms with Gasteiger partial charge in [-0.3, -0.25) is 19.3 Å². The normalized spacial score (nSPS) is 35.4. The van der Waals surface area contributed by atoms with Crippen LogP contribution in [0.2, 0.25) is 0 Å². The number of benzene rings is 2. The minimum absolute atomic E-state index is 0.0183. The van der Waals surface area contributed by atoms with E-state index in [0.717, 1.165) is 11.3 Å². The third kappa shape index (κ3) is 2.87. The van der Waals surface area contributed by atoms with Crippen molar-refractivity contribution in [3.05, 3.63) is 77.9 Å². The number of anilines is 1. The lowest BCUT2D eigenvalue weighted by Gasteiger charge is -2.37. The Labute approximate surface area is 192 Å². The second-order valence-electron chi connectivity index (χ2n) is 10.4. The first-order valence-corrected chi connectivity index (χ1v) is 12.1. The number of nitrogens with one attached hydrogen (secondary N) is 1. The fourth-order valence-corrected chi connectivity index (χ4v) is 6.92. The Bertz CT molecular complexity index is 1150. The van der Waals surface area contributed by atoms with E-state index in [0.29, 0.717) is 12.5 Å². The molecule has 2 aromatic rings. The topological polar surface area (TPSA) is 66.5 Å². The lowest BCUT2D eigenvalue weighted by atomic mass is 9.63. The average molecular weight is 439 g/mol. The van der Waals surface area contributed by atoms with E-state index in [1.165, 1.54) is 23.3 Å². The van der Waals surface area contributed by atoms with E-state index in [2.05, 4.69) is 29.6 Å². The van der Waals surface area contributed by atoms with E-state index in [1.54, 1.807) is 0 Å². The van der Waals surface area contributed by atoms with Gasteiger partial charge >= 0.3 is 0 Å². The summed E-state index contributed by atoms with van der Waals surface area (Å²) in [6.45, 7) is 0.334. The van der Waals surface area contributed by atoms with Crippen molar-refractivity contribution in [3.63, 3.8) is 0 Å². The highest BCUT2D eigenvalue weighted by atomic mass is 16.2. The zero-order valence-corrected chi connectivity index (χ0v) is 18.3.